The van der Waals surface area contributed by atoms with Crippen LogP contribution in [0.1, 0.15) is 91.9 Å². The van der Waals surface area contributed by atoms with Crippen LogP contribution in [0.4, 0.5) is 0 Å². The standard InChI is InChI=1S/C18H40N.BrH/c1-7-11-13-15-17(9-3)19(5,6)18(10-4)16-14-12-8-2;/h17-18H,7-16H2,1-6H3;1H/q+1;/p-1. The van der Waals surface area contributed by atoms with Crippen LogP contribution in [-0.2, 0) is 0 Å². The first kappa shape index (κ1) is 22.7. The van der Waals surface area contributed by atoms with Gasteiger partial charge in [0.15, 0.2) is 0 Å². The Labute approximate surface area is 139 Å². The minimum atomic E-state index is 0. The van der Waals surface area contributed by atoms with Crippen LogP contribution >= 0.6 is 0 Å². The first-order valence-electron chi connectivity index (χ1n) is 8.87. The molecule has 0 heterocycles. The molecule has 0 amide bonds. The molecule has 0 aromatic carbocycles. The quantitative estimate of drug-likeness (QED) is 0.375. The molecule has 1 nitrogen and oxygen atoms in total. The molecule has 0 spiro atoms. The van der Waals surface area contributed by atoms with Crippen molar-refractivity contribution in [2.45, 2.75) is 104 Å². The van der Waals surface area contributed by atoms with Gasteiger partial charge < -0.3 is 21.5 Å². The molecule has 0 aromatic heterocycles. The molecule has 0 aliphatic heterocycles. The van der Waals surface area contributed by atoms with Gasteiger partial charge in [-0.2, -0.15) is 0 Å². The first-order valence-corrected chi connectivity index (χ1v) is 8.87. The topological polar surface area (TPSA) is 0 Å². The van der Waals surface area contributed by atoms with Gasteiger partial charge in [0.2, 0.25) is 0 Å². The molecule has 20 heavy (non-hydrogen) atoms. The Kier molecular flexibility index (Phi) is 14.9. The zero-order valence-electron chi connectivity index (χ0n) is 15.1. The van der Waals surface area contributed by atoms with Gasteiger partial charge in [0.1, 0.15) is 0 Å². The van der Waals surface area contributed by atoms with E-state index in [1.807, 2.05) is 0 Å². The van der Waals surface area contributed by atoms with E-state index >= 15 is 0 Å². The molecule has 0 saturated carbocycles. The molecule has 0 fully saturated rings. The molecule has 0 rings (SSSR count). The molecule has 0 N–H and O–H groups in total. The molecule has 0 saturated heterocycles. The van der Waals surface area contributed by atoms with Gasteiger partial charge in [0, 0.05) is 0 Å². The van der Waals surface area contributed by atoms with Gasteiger partial charge in [0.05, 0.1) is 26.2 Å². The zero-order chi connectivity index (χ0) is 14.7. The van der Waals surface area contributed by atoms with Crippen molar-refractivity contribution in [3.05, 3.63) is 0 Å². The summed E-state index contributed by atoms with van der Waals surface area (Å²) in [5, 5.41) is 0. The zero-order valence-corrected chi connectivity index (χ0v) is 16.6. The number of nitrogens with zero attached hydrogens (tertiary/aromatic N) is 1. The van der Waals surface area contributed by atoms with Crippen molar-refractivity contribution < 1.29 is 21.5 Å². The lowest BCUT2D eigenvalue weighted by molar-refractivity contribution is -0.939. The third kappa shape index (κ3) is 8.02. The summed E-state index contributed by atoms with van der Waals surface area (Å²) in [5.41, 5.74) is 0. The highest BCUT2D eigenvalue weighted by molar-refractivity contribution is 4.64. The highest BCUT2D eigenvalue weighted by Gasteiger charge is 2.33. The van der Waals surface area contributed by atoms with E-state index in [4.69, 9.17) is 0 Å². The van der Waals surface area contributed by atoms with E-state index < -0.39 is 0 Å². The predicted octanol–water partition coefficient (Wildman–Crippen LogP) is 2.78. The summed E-state index contributed by atoms with van der Waals surface area (Å²) >= 11 is 0. The Balaban J connectivity index is 0. The minimum Gasteiger partial charge on any atom is -1.00 e. The maximum absolute atomic E-state index is 2.49. The molecule has 2 heteroatoms. The van der Waals surface area contributed by atoms with Gasteiger partial charge in [-0.25, -0.2) is 0 Å². The largest absolute Gasteiger partial charge is 1.00 e. The van der Waals surface area contributed by atoms with Gasteiger partial charge in [-0.15, -0.1) is 0 Å². The average Bonchev–Trinajstić information content (AvgIpc) is 2.39. The van der Waals surface area contributed by atoms with Crippen LogP contribution in [0.15, 0.2) is 0 Å². The van der Waals surface area contributed by atoms with Crippen molar-refractivity contribution in [1.82, 2.24) is 0 Å². The summed E-state index contributed by atoms with van der Waals surface area (Å²) in [4.78, 5) is 0. The van der Waals surface area contributed by atoms with E-state index in [1.165, 1.54) is 68.7 Å². The van der Waals surface area contributed by atoms with E-state index in [0.29, 0.717) is 0 Å². The van der Waals surface area contributed by atoms with Gasteiger partial charge in [-0.05, 0) is 38.5 Å². The molecule has 2 unspecified atom stereocenters. The first-order chi connectivity index (χ1) is 9.04. The number of rotatable bonds is 12. The van der Waals surface area contributed by atoms with Crippen LogP contribution in [0.5, 0.6) is 0 Å². The fourth-order valence-corrected chi connectivity index (χ4v) is 3.57. The lowest BCUT2D eigenvalue weighted by Gasteiger charge is -2.44. The van der Waals surface area contributed by atoms with E-state index in [-0.39, 0.29) is 17.0 Å². The number of hydrogen-bond acceptors (Lipinski definition) is 0. The Bertz CT molecular complexity index is 184. The summed E-state index contributed by atoms with van der Waals surface area (Å²) < 4.78 is 1.25. The molecule has 0 aromatic rings. The van der Waals surface area contributed by atoms with E-state index in [1.54, 1.807) is 0 Å². The van der Waals surface area contributed by atoms with Crippen molar-refractivity contribution in [2.75, 3.05) is 14.1 Å². The highest BCUT2D eigenvalue weighted by Crippen LogP contribution is 2.26. The number of quaternary nitrogens is 1. The van der Waals surface area contributed by atoms with Crippen LogP contribution < -0.4 is 17.0 Å². The smallest absolute Gasteiger partial charge is 0.0885 e. The van der Waals surface area contributed by atoms with Crippen molar-refractivity contribution >= 4 is 0 Å². The predicted molar refractivity (Wildman–Crippen MR) is 88.6 cm³/mol. The van der Waals surface area contributed by atoms with Gasteiger partial charge >= 0.3 is 0 Å². The molecule has 0 radical (unpaired) electrons. The summed E-state index contributed by atoms with van der Waals surface area (Å²) in [6.45, 7) is 9.38. The number of unbranched alkanes of at least 4 members (excludes halogenated alkanes) is 4. The minimum absolute atomic E-state index is 0. The van der Waals surface area contributed by atoms with Crippen LogP contribution in [0, 0.1) is 0 Å². The van der Waals surface area contributed by atoms with Crippen molar-refractivity contribution in [3.8, 4) is 0 Å². The molecule has 0 aliphatic rings. The number of halogens is 1. The van der Waals surface area contributed by atoms with Crippen LogP contribution in [0.2, 0.25) is 0 Å². The third-order valence-electron chi connectivity index (χ3n) is 5.11. The van der Waals surface area contributed by atoms with Gasteiger partial charge in [-0.1, -0.05) is 53.4 Å². The van der Waals surface area contributed by atoms with Crippen molar-refractivity contribution in [1.29, 1.82) is 0 Å². The van der Waals surface area contributed by atoms with E-state index in [2.05, 4.69) is 41.8 Å². The Morgan fingerprint density at radius 1 is 0.650 bits per heavy atom. The molecule has 2 atom stereocenters. The maximum Gasteiger partial charge on any atom is 0.0885 e. The van der Waals surface area contributed by atoms with Crippen LogP contribution in [0.25, 0.3) is 0 Å². The van der Waals surface area contributed by atoms with Crippen molar-refractivity contribution in [2.24, 2.45) is 0 Å². The monoisotopic (exact) mass is 349 g/mol. The second-order valence-corrected chi connectivity index (χ2v) is 6.74. The highest BCUT2D eigenvalue weighted by atomic mass is 79.9. The Morgan fingerprint density at radius 2 is 1.00 bits per heavy atom. The Hall–Kier alpha value is 0.440. The Morgan fingerprint density at radius 3 is 1.25 bits per heavy atom. The normalized spacial score (nSPS) is 14.7. The van der Waals surface area contributed by atoms with Gasteiger partial charge in [-0.3, -0.25) is 0 Å². The molecule has 124 valence electrons. The molecule has 0 bridgehead atoms. The fraction of sp³-hybridized carbons (Fsp3) is 1.00. The lowest BCUT2D eigenvalue weighted by Crippen LogP contribution is -3.00. The van der Waals surface area contributed by atoms with E-state index in [0.717, 1.165) is 12.1 Å². The summed E-state index contributed by atoms with van der Waals surface area (Å²) in [6, 6.07) is 1.72. The summed E-state index contributed by atoms with van der Waals surface area (Å²) in [5.74, 6) is 0. The molecule has 0 aliphatic carbocycles. The third-order valence-corrected chi connectivity index (χ3v) is 5.11. The summed E-state index contributed by atoms with van der Waals surface area (Å²) in [7, 11) is 4.97. The van der Waals surface area contributed by atoms with Crippen LogP contribution in [0.3, 0.4) is 0 Å². The van der Waals surface area contributed by atoms with Gasteiger partial charge in [0.25, 0.3) is 0 Å². The summed E-state index contributed by atoms with van der Waals surface area (Å²) in [6.07, 6.45) is 13.8. The second kappa shape index (κ2) is 13.1. The van der Waals surface area contributed by atoms with Crippen molar-refractivity contribution in [3.63, 3.8) is 0 Å². The maximum atomic E-state index is 2.49. The second-order valence-electron chi connectivity index (χ2n) is 6.74. The molecular formula is C18H40BrN. The fourth-order valence-electron chi connectivity index (χ4n) is 3.57. The lowest BCUT2D eigenvalue weighted by atomic mass is 9.96. The molecular weight excluding hydrogens is 310 g/mol. The van der Waals surface area contributed by atoms with Crippen LogP contribution in [-0.4, -0.2) is 30.7 Å². The number of hydrogen-bond donors (Lipinski definition) is 0. The van der Waals surface area contributed by atoms with E-state index in [9.17, 15) is 0 Å². The average molecular weight is 350 g/mol. The SMILES string of the molecule is CCCCCC(CC)[N+](C)(C)C(CC)CCCCC.[Br-].